The third-order valence-corrected chi connectivity index (χ3v) is 6.91. The van der Waals surface area contributed by atoms with Crippen LogP contribution in [0.15, 0.2) is 0 Å². The van der Waals surface area contributed by atoms with Crippen molar-refractivity contribution in [3.05, 3.63) is 10.6 Å². The van der Waals surface area contributed by atoms with Crippen molar-refractivity contribution in [2.45, 2.75) is 39.2 Å². The Morgan fingerprint density at radius 1 is 1.32 bits per heavy atom. The minimum Gasteiger partial charge on any atom is -0.480 e. The van der Waals surface area contributed by atoms with E-state index in [9.17, 15) is 23.1 Å². The predicted molar refractivity (Wildman–Crippen MR) is 92.0 cm³/mol. The fraction of sp³-hybridized carbons (Fsp3) is 0.714. The second-order valence-electron chi connectivity index (χ2n) is 5.76. The van der Waals surface area contributed by atoms with E-state index in [4.69, 9.17) is 0 Å². The van der Waals surface area contributed by atoms with Gasteiger partial charge in [0.05, 0.1) is 11.4 Å². The van der Waals surface area contributed by atoms with Crippen LogP contribution in [0.5, 0.6) is 0 Å². The number of carbonyl (C=O) groups excluding carboxylic acids is 1. The average molecular weight is 390 g/mol. The number of piperidine rings is 1. The monoisotopic (exact) mass is 390 g/mol. The van der Waals surface area contributed by atoms with Crippen molar-refractivity contribution < 1.29 is 23.1 Å². The highest BCUT2D eigenvalue weighted by Gasteiger charge is 2.34. The molecule has 9 nitrogen and oxygen atoms in total. The van der Waals surface area contributed by atoms with Gasteiger partial charge in [0.1, 0.15) is 11.4 Å². The molecule has 1 aromatic heterocycles. The Bertz CT molecular complexity index is 725. The van der Waals surface area contributed by atoms with Crippen LogP contribution in [0.2, 0.25) is 0 Å². The number of aromatic nitrogens is 2. The Morgan fingerprint density at radius 2 is 1.96 bits per heavy atom. The van der Waals surface area contributed by atoms with Gasteiger partial charge in [-0.25, -0.2) is 12.7 Å². The van der Waals surface area contributed by atoms with Gasteiger partial charge < -0.3 is 10.0 Å². The van der Waals surface area contributed by atoms with Crippen molar-refractivity contribution in [2.75, 3.05) is 25.4 Å². The number of sulfonamides is 1. The highest BCUT2D eigenvalue weighted by atomic mass is 32.2. The molecule has 0 bridgehead atoms. The molecule has 1 aromatic rings. The van der Waals surface area contributed by atoms with Crippen LogP contribution in [0.1, 0.15) is 42.1 Å². The Kier molecular flexibility index (Phi) is 6.47. The second-order valence-corrected chi connectivity index (χ2v) is 8.77. The summed E-state index contributed by atoms with van der Waals surface area (Å²) in [6.07, 6.45) is 1.35. The van der Waals surface area contributed by atoms with Gasteiger partial charge in [-0.2, -0.15) is 0 Å². The molecule has 1 aliphatic rings. The molecule has 0 aliphatic carbocycles. The SMILES string of the molecule is CCc1nnsc1C(=O)N(CC(=O)O)C1CCN(S(=O)(=O)CC)CC1. The molecule has 0 atom stereocenters. The van der Waals surface area contributed by atoms with Gasteiger partial charge in [-0.05, 0) is 37.7 Å². The van der Waals surface area contributed by atoms with Crippen LogP contribution < -0.4 is 0 Å². The van der Waals surface area contributed by atoms with Gasteiger partial charge in [-0.15, -0.1) is 5.10 Å². The van der Waals surface area contributed by atoms with E-state index in [0.29, 0.717) is 29.8 Å². The van der Waals surface area contributed by atoms with E-state index in [0.717, 1.165) is 11.5 Å². The van der Waals surface area contributed by atoms with Gasteiger partial charge in [0.15, 0.2) is 0 Å². The van der Waals surface area contributed by atoms with E-state index >= 15 is 0 Å². The largest absolute Gasteiger partial charge is 0.480 e. The lowest BCUT2D eigenvalue weighted by Gasteiger charge is -2.37. The molecule has 1 amide bonds. The highest BCUT2D eigenvalue weighted by Crippen LogP contribution is 2.23. The summed E-state index contributed by atoms with van der Waals surface area (Å²) in [5, 5.41) is 13.1. The summed E-state index contributed by atoms with van der Waals surface area (Å²) >= 11 is 0.959. The smallest absolute Gasteiger partial charge is 0.323 e. The summed E-state index contributed by atoms with van der Waals surface area (Å²) < 4.78 is 29.1. The lowest BCUT2D eigenvalue weighted by Crippen LogP contribution is -2.50. The molecular weight excluding hydrogens is 368 g/mol. The van der Waals surface area contributed by atoms with E-state index in [1.807, 2.05) is 6.92 Å². The zero-order chi connectivity index (χ0) is 18.6. The van der Waals surface area contributed by atoms with Crippen LogP contribution in [0.4, 0.5) is 0 Å². The minimum absolute atomic E-state index is 0.0296. The maximum absolute atomic E-state index is 12.8. The first-order valence-corrected chi connectivity index (χ1v) is 10.5. The number of hydrogen-bond donors (Lipinski definition) is 1. The van der Waals surface area contributed by atoms with Crippen LogP contribution in [-0.4, -0.2) is 75.6 Å². The van der Waals surface area contributed by atoms with E-state index in [1.165, 1.54) is 9.21 Å². The number of rotatable bonds is 7. The molecule has 2 heterocycles. The molecule has 0 saturated carbocycles. The van der Waals surface area contributed by atoms with Gasteiger partial charge >= 0.3 is 5.97 Å². The maximum atomic E-state index is 12.8. The molecule has 0 spiro atoms. The molecule has 11 heteroatoms. The number of carboxylic acids is 1. The Labute approximate surface area is 150 Å². The van der Waals surface area contributed by atoms with Crippen molar-refractivity contribution >= 4 is 33.4 Å². The first-order chi connectivity index (χ1) is 11.8. The van der Waals surface area contributed by atoms with E-state index in [1.54, 1.807) is 6.92 Å². The number of aryl methyl sites for hydroxylation is 1. The van der Waals surface area contributed by atoms with Crippen molar-refractivity contribution in [2.24, 2.45) is 0 Å². The number of carboxylic acid groups (broad SMARTS) is 1. The molecule has 0 unspecified atom stereocenters. The average Bonchev–Trinajstić information content (AvgIpc) is 3.07. The molecule has 1 fully saturated rings. The second kappa shape index (κ2) is 8.19. The maximum Gasteiger partial charge on any atom is 0.323 e. The first-order valence-electron chi connectivity index (χ1n) is 8.12. The van der Waals surface area contributed by atoms with Crippen LogP contribution in [0.3, 0.4) is 0 Å². The van der Waals surface area contributed by atoms with Gasteiger partial charge in [-0.3, -0.25) is 9.59 Å². The van der Waals surface area contributed by atoms with Gasteiger partial charge in [-0.1, -0.05) is 11.4 Å². The van der Waals surface area contributed by atoms with Gasteiger partial charge in [0.2, 0.25) is 10.0 Å². The molecule has 25 heavy (non-hydrogen) atoms. The summed E-state index contributed by atoms with van der Waals surface area (Å²) in [5.41, 5.74) is 0.552. The molecular formula is C14H22N4O5S2. The highest BCUT2D eigenvalue weighted by molar-refractivity contribution is 7.89. The summed E-state index contributed by atoms with van der Waals surface area (Å²) in [5.74, 6) is -1.47. The Hall–Kier alpha value is -1.59. The molecule has 1 saturated heterocycles. The topological polar surface area (TPSA) is 121 Å². The Balaban J connectivity index is 2.16. The molecule has 1 aliphatic heterocycles. The van der Waals surface area contributed by atoms with Gasteiger partial charge in [0.25, 0.3) is 5.91 Å². The number of hydrogen-bond acceptors (Lipinski definition) is 7. The van der Waals surface area contributed by atoms with E-state index in [-0.39, 0.29) is 24.9 Å². The fourth-order valence-electron chi connectivity index (χ4n) is 2.86. The summed E-state index contributed by atoms with van der Waals surface area (Å²) in [6.45, 7) is 3.58. The summed E-state index contributed by atoms with van der Waals surface area (Å²) in [6, 6.07) is -0.321. The van der Waals surface area contributed by atoms with Crippen LogP contribution in [-0.2, 0) is 21.2 Å². The quantitative estimate of drug-likeness (QED) is 0.717. The standard InChI is InChI=1S/C14H22N4O5S2/c1-3-11-13(24-16-15-11)14(21)18(9-12(19)20)10-5-7-17(8-6-10)25(22,23)4-2/h10H,3-9H2,1-2H3,(H,19,20). The Morgan fingerprint density at radius 3 is 2.48 bits per heavy atom. The minimum atomic E-state index is -3.27. The van der Waals surface area contributed by atoms with E-state index < -0.39 is 28.4 Å². The third kappa shape index (κ3) is 4.53. The molecule has 2 rings (SSSR count). The normalized spacial score (nSPS) is 16.7. The number of aliphatic carboxylic acids is 1. The van der Waals surface area contributed by atoms with Crippen LogP contribution in [0, 0.1) is 0 Å². The van der Waals surface area contributed by atoms with E-state index in [2.05, 4.69) is 9.59 Å². The number of nitrogens with zero attached hydrogens (tertiary/aromatic N) is 4. The molecule has 1 N–H and O–H groups in total. The summed E-state index contributed by atoms with van der Waals surface area (Å²) in [7, 11) is -3.27. The van der Waals surface area contributed by atoms with Crippen molar-refractivity contribution in [1.82, 2.24) is 18.8 Å². The van der Waals surface area contributed by atoms with Crippen molar-refractivity contribution in [3.63, 3.8) is 0 Å². The number of amides is 1. The zero-order valence-corrected chi connectivity index (χ0v) is 15.8. The first kappa shape index (κ1) is 19.7. The van der Waals surface area contributed by atoms with Crippen molar-refractivity contribution in [3.8, 4) is 0 Å². The lowest BCUT2D eigenvalue weighted by molar-refractivity contribution is -0.138. The summed E-state index contributed by atoms with van der Waals surface area (Å²) in [4.78, 5) is 25.7. The molecule has 140 valence electrons. The predicted octanol–water partition coefficient (Wildman–Crippen LogP) is 0.441. The zero-order valence-electron chi connectivity index (χ0n) is 14.2. The van der Waals surface area contributed by atoms with Gasteiger partial charge in [0, 0.05) is 19.1 Å². The number of carbonyl (C=O) groups is 2. The molecule has 0 radical (unpaired) electrons. The van der Waals surface area contributed by atoms with Crippen LogP contribution in [0.25, 0.3) is 0 Å². The lowest BCUT2D eigenvalue weighted by atomic mass is 10.0. The van der Waals surface area contributed by atoms with Crippen molar-refractivity contribution in [1.29, 1.82) is 0 Å². The van der Waals surface area contributed by atoms with Crippen LogP contribution >= 0.6 is 11.5 Å². The molecule has 0 aromatic carbocycles. The fourth-order valence-corrected chi connectivity index (χ4v) is 4.70. The third-order valence-electron chi connectivity index (χ3n) is 4.27.